The standard InChI is InChI=1S/C26H40N2O7/c1-14(2)21(28-24(33)22(27-15(3)29)16-7-5-4-6-8-16)23(32)19-12-17(30)11-18(19)20(31)13-26(9-10-26)25(34)35/h14,16-19,21-22,30H,4-13H2,1-3H3,(H,27,29)(H,28,33)(H,34,35)/t17-,18-,19?,21+,22+/m1/s1. The summed E-state index contributed by atoms with van der Waals surface area (Å²) >= 11 is 0. The maximum atomic E-state index is 13.6. The molecule has 1 unspecified atom stereocenters. The summed E-state index contributed by atoms with van der Waals surface area (Å²) < 4.78 is 0. The number of hydrogen-bond acceptors (Lipinski definition) is 6. The smallest absolute Gasteiger partial charge is 0.310 e. The van der Waals surface area contributed by atoms with Gasteiger partial charge in [-0.05, 0) is 50.4 Å². The van der Waals surface area contributed by atoms with Crippen LogP contribution in [0.5, 0.6) is 0 Å². The minimum Gasteiger partial charge on any atom is -0.481 e. The third-order valence-corrected chi connectivity index (χ3v) is 8.17. The molecule has 3 aliphatic carbocycles. The lowest BCUT2D eigenvalue weighted by atomic mass is 9.79. The molecule has 196 valence electrons. The largest absolute Gasteiger partial charge is 0.481 e. The van der Waals surface area contributed by atoms with Gasteiger partial charge in [0.2, 0.25) is 11.8 Å². The van der Waals surface area contributed by atoms with Crippen LogP contribution in [0.4, 0.5) is 0 Å². The molecular weight excluding hydrogens is 452 g/mol. The second-order valence-corrected chi connectivity index (χ2v) is 11.3. The Labute approximate surface area is 206 Å². The highest BCUT2D eigenvalue weighted by Crippen LogP contribution is 2.51. The summed E-state index contributed by atoms with van der Waals surface area (Å²) in [7, 11) is 0. The maximum Gasteiger partial charge on any atom is 0.310 e. The van der Waals surface area contributed by atoms with Crippen molar-refractivity contribution in [1.29, 1.82) is 0 Å². The van der Waals surface area contributed by atoms with Gasteiger partial charge in [-0.1, -0.05) is 33.1 Å². The summed E-state index contributed by atoms with van der Waals surface area (Å²) in [5.41, 5.74) is -1.03. The van der Waals surface area contributed by atoms with Crippen LogP contribution in [0.3, 0.4) is 0 Å². The lowest BCUT2D eigenvalue weighted by Crippen LogP contribution is -2.56. The first kappa shape index (κ1) is 27.3. The van der Waals surface area contributed by atoms with Gasteiger partial charge in [0.25, 0.3) is 0 Å². The molecule has 0 aromatic carbocycles. The molecule has 0 aromatic rings. The average molecular weight is 493 g/mol. The second kappa shape index (κ2) is 11.2. The van der Waals surface area contributed by atoms with Gasteiger partial charge in [0, 0.05) is 25.2 Å². The zero-order chi connectivity index (χ0) is 25.9. The summed E-state index contributed by atoms with van der Waals surface area (Å²) in [6.45, 7) is 4.99. The lowest BCUT2D eigenvalue weighted by Gasteiger charge is -2.33. The molecule has 35 heavy (non-hydrogen) atoms. The SMILES string of the molecule is CC(=O)N[C@H](C(=O)N[C@H](C(=O)C1C[C@H](O)C[C@H]1C(=O)CC1(C(=O)O)CC1)C(C)C)C1CCCCC1. The summed E-state index contributed by atoms with van der Waals surface area (Å²) in [6, 6.07) is -1.60. The number of amides is 2. The van der Waals surface area contributed by atoms with Gasteiger partial charge < -0.3 is 20.8 Å². The first-order chi connectivity index (χ1) is 16.4. The van der Waals surface area contributed by atoms with Crippen LogP contribution < -0.4 is 10.6 Å². The van der Waals surface area contributed by atoms with E-state index in [1.807, 2.05) is 13.8 Å². The van der Waals surface area contributed by atoms with Crippen molar-refractivity contribution in [3.63, 3.8) is 0 Å². The first-order valence-electron chi connectivity index (χ1n) is 13.0. The normalized spacial score (nSPS) is 27.6. The number of nitrogens with one attached hydrogen (secondary N) is 2. The molecule has 3 saturated carbocycles. The minimum absolute atomic E-state index is 0.00365. The number of ketones is 2. The van der Waals surface area contributed by atoms with Gasteiger partial charge in [0.1, 0.15) is 11.8 Å². The molecule has 0 aliphatic heterocycles. The number of hydrogen-bond donors (Lipinski definition) is 4. The number of aliphatic carboxylic acids is 1. The number of Topliss-reactive ketones (excluding diaryl/α,β-unsaturated/α-hetero) is 2. The molecule has 2 amide bonds. The van der Waals surface area contributed by atoms with Crippen LogP contribution in [0.15, 0.2) is 0 Å². The van der Waals surface area contributed by atoms with Crippen LogP contribution in [-0.2, 0) is 24.0 Å². The van der Waals surface area contributed by atoms with Crippen LogP contribution in [-0.4, -0.2) is 57.8 Å². The second-order valence-electron chi connectivity index (χ2n) is 11.3. The number of carbonyl (C=O) groups is 5. The summed E-state index contributed by atoms with van der Waals surface area (Å²) in [4.78, 5) is 63.4. The van der Waals surface area contributed by atoms with Crippen molar-refractivity contribution in [3.8, 4) is 0 Å². The number of carbonyl (C=O) groups excluding carboxylic acids is 4. The van der Waals surface area contributed by atoms with Crippen molar-refractivity contribution in [1.82, 2.24) is 10.6 Å². The zero-order valence-corrected chi connectivity index (χ0v) is 21.0. The van der Waals surface area contributed by atoms with Gasteiger partial charge >= 0.3 is 5.97 Å². The highest BCUT2D eigenvalue weighted by Gasteiger charge is 2.54. The minimum atomic E-state index is -1.03. The number of aliphatic hydroxyl groups excluding tert-OH is 1. The lowest BCUT2D eigenvalue weighted by molar-refractivity contribution is -0.146. The van der Waals surface area contributed by atoms with Crippen LogP contribution in [0.1, 0.15) is 85.0 Å². The van der Waals surface area contributed by atoms with Gasteiger partial charge in [0.15, 0.2) is 5.78 Å². The predicted octanol–water partition coefficient (Wildman–Crippen LogP) is 1.99. The zero-order valence-electron chi connectivity index (χ0n) is 21.0. The summed E-state index contributed by atoms with van der Waals surface area (Å²) in [6.07, 6.45) is 4.91. The van der Waals surface area contributed by atoms with E-state index in [-0.39, 0.29) is 48.6 Å². The van der Waals surface area contributed by atoms with E-state index in [2.05, 4.69) is 10.6 Å². The van der Waals surface area contributed by atoms with E-state index >= 15 is 0 Å². The Kier molecular flexibility index (Phi) is 8.72. The Balaban J connectivity index is 1.74. The molecule has 9 nitrogen and oxygen atoms in total. The van der Waals surface area contributed by atoms with Crippen LogP contribution in [0, 0.1) is 29.1 Å². The van der Waals surface area contributed by atoms with Gasteiger partial charge in [-0.3, -0.25) is 24.0 Å². The Bertz CT molecular complexity index is 845. The fourth-order valence-corrected chi connectivity index (χ4v) is 5.89. The Morgan fingerprint density at radius 3 is 2.06 bits per heavy atom. The molecular formula is C26H40N2O7. The van der Waals surface area contributed by atoms with E-state index in [9.17, 15) is 34.2 Å². The van der Waals surface area contributed by atoms with Gasteiger partial charge in [-0.25, -0.2) is 0 Å². The Hall–Kier alpha value is -2.29. The highest BCUT2D eigenvalue weighted by atomic mass is 16.4. The molecule has 3 rings (SSSR count). The van der Waals surface area contributed by atoms with Crippen LogP contribution in [0.25, 0.3) is 0 Å². The molecule has 0 aromatic heterocycles. The monoisotopic (exact) mass is 492 g/mol. The van der Waals surface area contributed by atoms with E-state index < -0.39 is 47.3 Å². The molecule has 0 spiro atoms. The molecule has 0 saturated heterocycles. The van der Waals surface area contributed by atoms with Crippen molar-refractivity contribution in [2.45, 2.75) is 103 Å². The summed E-state index contributed by atoms with van der Waals surface area (Å²) in [5, 5.41) is 25.4. The quantitative estimate of drug-likeness (QED) is 0.344. The van der Waals surface area contributed by atoms with E-state index in [4.69, 9.17) is 0 Å². The third kappa shape index (κ3) is 6.48. The molecule has 0 radical (unpaired) electrons. The van der Waals surface area contributed by atoms with Crippen molar-refractivity contribution in [3.05, 3.63) is 0 Å². The van der Waals surface area contributed by atoms with Crippen molar-refractivity contribution in [2.24, 2.45) is 29.1 Å². The van der Waals surface area contributed by atoms with Crippen LogP contribution >= 0.6 is 0 Å². The maximum absolute atomic E-state index is 13.6. The fourth-order valence-electron chi connectivity index (χ4n) is 5.89. The predicted molar refractivity (Wildman–Crippen MR) is 127 cm³/mol. The van der Waals surface area contributed by atoms with Crippen molar-refractivity contribution in [2.75, 3.05) is 0 Å². The highest BCUT2D eigenvalue weighted by molar-refractivity contribution is 5.98. The number of carboxylic acid groups (broad SMARTS) is 1. The molecule has 0 heterocycles. The van der Waals surface area contributed by atoms with Gasteiger partial charge in [-0.2, -0.15) is 0 Å². The van der Waals surface area contributed by atoms with E-state index in [1.54, 1.807) is 0 Å². The number of carboxylic acids is 1. The summed E-state index contributed by atoms with van der Waals surface area (Å²) in [5.74, 6) is -4.10. The molecule has 3 aliphatic rings. The molecule has 0 bridgehead atoms. The third-order valence-electron chi connectivity index (χ3n) is 8.17. The van der Waals surface area contributed by atoms with Crippen molar-refractivity contribution < 1.29 is 34.2 Å². The van der Waals surface area contributed by atoms with Crippen molar-refractivity contribution >= 4 is 29.4 Å². The van der Waals surface area contributed by atoms with Gasteiger partial charge in [-0.15, -0.1) is 0 Å². The topological polar surface area (TPSA) is 150 Å². The Morgan fingerprint density at radius 2 is 1.54 bits per heavy atom. The first-order valence-corrected chi connectivity index (χ1v) is 13.0. The van der Waals surface area contributed by atoms with Gasteiger partial charge in [0.05, 0.1) is 17.6 Å². The molecule has 4 N–H and O–H groups in total. The molecule has 5 atom stereocenters. The number of rotatable bonds is 11. The average Bonchev–Trinajstić information content (AvgIpc) is 3.48. The van der Waals surface area contributed by atoms with E-state index in [1.165, 1.54) is 6.92 Å². The van der Waals surface area contributed by atoms with E-state index in [0.717, 1.165) is 32.1 Å². The van der Waals surface area contributed by atoms with Crippen LogP contribution in [0.2, 0.25) is 0 Å². The molecule has 9 heteroatoms. The Morgan fingerprint density at radius 1 is 0.943 bits per heavy atom. The van der Waals surface area contributed by atoms with E-state index in [0.29, 0.717) is 12.8 Å². The molecule has 3 fully saturated rings. The number of aliphatic hydroxyl groups is 1. The fraction of sp³-hybridized carbons (Fsp3) is 0.808.